The lowest BCUT2D eigenvalue weighted by Gasteiger charge is -2.09. The summed E-state index contributed by atoms with van der Waals surface area (Å²) < 4.78 is 11.0. The molecule has 0 saturated heterocycles. The maximum atomic E-state index is 11.0. The molecule has 0 bridgehead atoms. The monoisotopic (exact) mass is 250 g/mol. The van der Waals surface area contributed by atoms with Gasteiger partial charge in [-0.15, -0.1) is 0 Å². The van der Waals surface area contributed by atoms with Crippen molar-refractivity contribution in [2.24, 2.45) is 5.73 Å². The van der Waals surface area contributed by atoms with Gasteiger partial charge in [-0.3, -0.25) is 9.59 Å². The minimum atomic E-state index is -0.996. The van der Waals surface area contributed by atoms with E-state index in [4.69, 9.17) is 15.2 Å². The van der Waals surface area contributed by atoms with Crippen LogP contribution in [0.4, 0.5) is 0 Å². The highest BCUT2D eigenvalue weighted by molar-refractivity contribution is 6.34. The van der Waals surface area contributed by atoms with E-state index in [9.17, 15) is 9.59 Å². The van der Waals surface area contributed by atoms with Crippen LogP contribution >= 0.6 is 0 Å². The van der Waals surface area contributed by atoms with E-state index >= 15 is 0 Å². The first-order valence-corrected chi connectivity index (χ1v) is 5.63. The van der Waals surface area contributed by atoms with Gasteiger partial charge in [-0.25, -0.2) is 0 Å². The number of nitrogens with one attached hydrogen (secondary N) is 1. The van der Waals surface area contributed by atoms with E-state index in [1.165, 1.54) is 0 Å². The van der Waals surface area contributed by atoms with Crippen LogP contribution in [0, 0.1) is 0 Å². The molecule has 6 heteroatoms. The van der Waals surface area contributed by atoms with Crippen molar-refractivity contribution in [3.05, 3.63) is 23.8 Å². The molecule has 2 rings (SSSR count). The van der Waals surface area contributed by atoms with Crippen molar-refractivity contribution in [1.82, 2.24) is 5.32 Å². The minimum Gasteiger partial charge on any atom is -0.490 e. The smallest absolute Gasteiger partial charge is 0.309 e. The summed E-state index contributed by atoms with van der Waals surface area (Å²) in [5, 5.41) is 2.41. The van der Waals surface area contributed by atoms with Gasteiger partial charge in [-0.2, -0.15) is 0 Å². The molecule has 0 atom stereocenters. The number of hydrogen-bond donors (Lipinski definition) is 2. The number of fused-ring (bicyclic) bond motifs is 1. The Bertz CT molecular complexity index is 473. The Balaban J connectivity index is 2.04. The van der Waals surface area contributed by atoms with Crippen molar-refractivity contribution in [3.8, 4) is 11.5 Å². The molecule has 0 aliphatic carbocycles. The molecule has 0 fully saturated rings. The number of nitrogens with two attached hydrogens (primary N) is 1. The predicted molar refractivity (Wildman–Crippen MR) is 63.1 cm³/mol. The van der Waals surface area contributed by atoms with Crippen molar-refractivity contribution in [3.63, 3.8) is 0 Å². The van der Waals surface area contributed by atoms with E-state index in [1.54, 1.807) is 18.2 Å². The largest absolute Gasteiger partial charge is 0.490 e. The number of benzene rings is 1. The van der Waals surface area contributed by atoms with Crippen LogP contribution in [-0.2, 0) is 16.1 Å². The van der Waals surface area contributed by atoms with E-state index < -0.39 is 11.8 Å². The van der Waals surface area contributed by atoms with E-state index in [2.05, 4.69) is 5.32 Å². The number of rotatable bonds is 2. The first kappa shape index (κ1) is 12.2. The van der Waals surface area contributed by atoms with Crippen LogP contribution in [0.25, 0.3) is 0 Å². The molecule has 1 aromatic carbocycles. The van der Waals surface area contributed by atoms with Crippen molar-refractivity contribution < 1.29 is 19.1 Å². The maximum absolute atomic E-state index is 11.0. The van der Waals surface area contributed by atoms with Gasteiger partial charge in [0.05, 0.1) is 13.2 Å². The molecule has 0 spiro atoms. The first-order valence-electron chi connectivity index (χ1n) is 5.63. The highest BCUT2D eigenvalue weighted by Crippen LogP contribution is 2.30. The number of carbonyl (C=O) groups excluding carboxylic acids is 2. The molecule has 2 amide bonds. The third-order valence-electron chi connectivity index (χ3n) is 2.49. The second-order valence-corrected chi connectivity index (χ2v) is 3.88. The third kappa shape index (κ3) is 2.91. The van der Waals surface area contributed by atoms with Crippen molar-refractivity contribution >= 4 is 11.8 Å². The average molecular weight is 250 g/mol. The molecule has 6 nitrogen and oxygen atoms in total. The lowest BCUT2D eigenvalue weighted by Crippen LogP contribution is -2.35. The average Bonchev–Trinajstić information content (AvgIpc) is 2.60. The number of amides is 2. The van der Waals surface area contributed by atoms with Crippen molar-refractivity contribution in [1.29, 1.82) is 0 Å². The highest BCUT2D eigenvalue weighted by atomic mass is 16.5. The van der Waals surface area contributed by atoms with Crippen molar-refractivity contribution in [2.45, 2.75) is 13.0 Å². The van der Waals surface area contributed by atoms with Crippen LogP contribution in [0.15, 0.2) is 18.2 Å². The van der Waals surface area contributed by atoms with Crippen LogP contribution in [0.5, 0.6) is 11.5 Å². The van der Waals surface area contributed by atoms with E-state index in [-0.39, 0.29) is 6.54 Å². The van der Waals surface area contributed by atoms with Gasteiger partial charge < -0.3 is 20.5 Å². The van der Waals surface area contributed by atoms with Gasteiger partial charge in [0.1, 0.15) is 0 Å². The lowest BCUT2D eigenvalue weighted by molar-refractivity contribution is -0.137. The minimum absolute atomic E-state index is 0.221. The third-order valence-corrected chi connectivity index (χ3v) is 2.49. The zero-order chi connectivity index (χ0) is 13.0. The summed E-state index contributed by atoms with van der Waals surface area (Å²) in [5.74, 6) is -0.456. The SMILES string of the molecule is NC(=O)C(=O)NCc1ccc2c(c1)OCCCO2. The number of hydrogen-bond acceptors (Lipinski definition) is 4. The highest BCUT2D eigenvalue weighted by Gasteiger charge is 2.12. The summed E-state index contributed by atoms with van der Waals surface area (Å²) in [6.45, 7) is 1.45. The molecule has 1 aromatic rings. The van der Waals surface area contributed by atoms with Gasteiger partial charge in [-0.1, -0.05) is 6.07 Å². The zero-order valence-corrected chi connectivity index (χ0v) is 9.77. The Hall–Kier alpha value is -2.24. The standard InChI is InChI=1S/C12H14N2O4/c13-11(15)12(16)14-7-8-2-3-9-10(6-8)18-5-1-4-17-9/h2-3,6H,1,4-5,7H2,(H2,13,15)(H,14,16). The second kappa shape index (κ2) is 5.39. The summed E-state index contributed by atoms with van der Waals surface area (Å²) in [4.78, 5) is 21.6. The van der Waals surface area contributed by atoms with Crippen molar-refractivity contribution in [2.75, 3.05) is 13.2 Å². The molecule has 1 heterocycles. The van der Waals surface area contributed by atoms with Crippen LogP contribution in [-0.4, -0.2) is 25.0 Å². The Morgan fingerprint density at radius 1 is 1.22 bits per heavy atom. The fourth-order valence-electron chi connectivity index (χ4n) is 1.59. The van der Waals surface area contributed by atoms with E-state index in [0.717, 1.165) is 12.0 Å². The molecule has 3 N–H and O–H groups in total. The number of primary amides is 1. The Labute approximate surface area is 104 Å². The van der Waals surface area contributed by atoms with Gasteiger partial charge in [0, 0.05) is 13.0 Å². The summed E-state index contributed by atoms with van der Waals surface area (Å²) in [6, 6.07) is 5.36. The summed E-state index contributed by atoms with van der Waals surface area (Å²) in [7, 11) is 0. The maximum Gasteiger partial charge on any atom is 0.309 e. The van der Waals surface area contributed by atoms with E-state index in [0.29, 0.717) is 24.7 Å². The summed E-state index contributed by atoms with van der Waals surface area (Å²) in [6.07, 6.45) is 0.836. The van der Waals surface area contributed by atoms with Gasteiger partial charge in [0.15, 0.2) is 11.5 Å². The van der Waals surface area contributed by atoms with Gasteiger partial charge in [0.2, 0.25) is 0 Å². The number of ether oxygens (including phenoxy) is 2. The van der Waals surface area contributed by atoms with E-state index in [1.807, 2.05) is 0 Å². The summed E-state index contributed by atoms with van der Waals surface area (Å²) >= 11 is 0. The fourth-order valence-corrected chi connectivity index (χ4v) is 1.59. The molecule has 0 saturated carbocycles. The van der Waals surface area contributed by atoms with Crippen LogP contribution in [0.3, 0.4) is 0 Å². The molecule has 1 aliphatic rings. The first-order chi connectivity index (χ1) is 8.66. The predicted octanol–water partition coefficient (Wildman–Crippen LogP) is -0.0506. The van der Waals surface area contributed by atoms with Crippen LogP contribution in [0.2, 0.25) is 0 Å². The second-order valence-electron chi connectivity index (χ2n) is 3.88. The van der Waals surface area contributed by atoms with Crippen LogP contribution in [0.1, 0.15) is 12.0 Å². The topological polar surface area (TPSA) is 90.7 Å². The molecule has 1 aliphatic heterocycles. The Morgan fingerprint density at radius 2 is 1.94 bits per heavy atom. The Morgan fingerprint density at radius 3 is 2.67 bits per heavy atom. The quantitative estimate of drug-likeness (QED) is 0.720. The normalized spacial score (nSPS) is 13.6. The molecule has 96 valence electrons. The van der Waals surface area contributed by atoms with Gasteiger partial charge >= 0.3 is 11.8 Å². The Kier molecular flexibility index (Phi) is 3.66. The molecule has 0 aromatic heterocycles. The fraction of sp³-hybridized carbons (Fsp3) is 0.333. The molecule has 0 radical (unpaired) electrons. The number of carbonyl (C=O) groups is 2. The van der Waals surface area contributed by atoms with Gasteiger partial charge in [-0.05, 0) is 17.7 Å². The molecule has 18 heavy (non-hydrogen) atoms. The lowest BCUT2D eigenvalue weighted by atomic mass is 10.2. The van der Waals surface area contributed by atoms with Gasteiger partial charge in [0.25, 0.3) is 0 Å². The summed E-state index contributed by atoms with van der Waals surface area (Å²) in [5.41, 5.74) is 5.65. The van der Waals surface area contributed by atoms with Crippen LogP contribution < -0.4 is 20.5 Å². The zero-order valence-electron chi connectivity index (χ0n) is 9.77. The molecular weight excluding hydrogens is 236 g/mol. The molecular formula is C12H14N2O4. The molecule has 0 unspecified atom stereocenters.